The van der Waals surface area contributed by atoms with Crippen LogP contribution in [-0.2, 0) is 4.79 Å². The third-order valence-corrected chi connectivity index (χ3v) is 5.44. The summed E-state index contributed by atoms with van der Waals surface area (Å²) in [5, 5.41) is 3.54. The summed E-state index contributed by atoms with van der Waals surface area (Å²) < 4.78 is 0. The topological polar surface area (TPSA) is 32.3 Å². The first-order valence-corrected chi connectivity index (χ1v) is 7.85. The summed E-state index contributed by atoms with van der Waals surface area (Å²) in [5.41, 5.74) is 0. The second-order valence-electron chi connectivity index (χ2n) is 6.94. The first kappa shape index (κ1) is 11.3. The maximum absolute atomic E-state index is 12.7. The molecule has 4 rings (SSSR count). The number of carbonyl (C=O) groups excluding carboxylic acids is 1. The Kier molecular flexibility index (Phi) is 2.65. The zero-order valence-corrected chi connectivity index (χ0v) is 11.1. The molecule has 1 aliphatic heterocycles. The molecule has 0 aromatic carbocycles. The molecular weight excluding hydrogens is 224 g/mol. The molecular formula is C15H24N2O. The van der Waals surface area contributed by atoms with E-state index in [2.05, 4.69) is 10.2 Å². The third-order valence-electron chi connectivity index (χ3n) is 5.44. The molecule has 0 spiro atoms. The Labute approximate surface area is 109 Å². The van der Waals surface area contributed by atoms with Crippen LogP contribution in [0.2, 0.25) is 0 Å². The van der Waals surface area contributed by atoms with Gasteiger partial charge in [-0.25, -0.2) is 0 Å². The van der Waals surface area contributed by atoms with Crippen LogP contribution in [0.4, 0.5) is 0 Å². The molecule has 3 aliphatic carbocycles. The molecule has 3 heteroatoms. The second-order valence-corrected chi connectivity index (χ2v) is 6.94. The highest BCUT2D eigenvalue weighted by Gasteiger charge is 2.50. The van der Waals surface area contributed by atoms with E-state index >= 15 is 0 Å². The van der Waals surface area contributed by atoms with Gasteiger partial charge in [0.25, 0.3) is 0 Å². The molecule has 3 saturated carbocycles. The Hall–Kier alpha value is -0.570. The van der Waals surface area contributed by atoms with Crippen molar-refractivity contribution in [2.75, 3.05) is 13.1 Å². The fraction of sp³-hybridized carbons (Fsp3) is 0.933. The van der Waals surface area contributed by atoms with Crippen molar-refractivity contribution in [2.24, 2.45) is 17.8 Å². The Bertz CT molecular complexity index is 336. The number of carbonyl (C=O) groups is 1. The van der Waals surface area contributed by atoms with Crippen LogP contribution in [0.1, 0.15) is 44.9 Å². The molecule has 1 saturated heterocycles. The summed E-state index contributed by atoms with van der Waals surface area (Å²) in [4.78, 5) is 14.9. The number of fused-ring (bicyclic) bond motifs is 1. The van der Waals surface area contributed by atoms with E-state index in [-0.39, 0.29) is 0 Å². The van der Waals surface area contributed by atoms with Crippen LogP contribution in [0.3, 0.4) is 0 Å². The standard InChI is InChI=1S/C15H24N2O/c18-15(12-7-10-6-11(10)8-12)17(14-3-4-14)9-13-2-1-5-16-13/h10-14,16H,1-9H2. The second kappa shape index (κ2) is 4.22. The lowest BCUT2D eigenvalue weighted by Crippen LogP contribution is -2.44. The molecule has 18 heavy (non-hydrogen) atoms. The van der Waals surface area contributed by atoms with Gasteiger partial charge in [0.2, 0.25) is 5.91 Å². The van der Waals surface area contributed by atoms with E-state index in [0.29, 0.717) is 23.9 Å². The van der Waals surface area contributed by atoms with Gasteiger partial charge in [0.05, 0.1) is 0 Å². The molecule has 4 aliphatic rings. The van der Waals surface area contributed by atoms with Crippen LogP contribution >= 0.6 is 0 Å². The summed E-state index contributed by atoms with van der Waals surface area (Å²) >= 11 is 0. The van der Waals surface area contributed by atoms with Gasteiger partial charge in [-0.2, -0.15) is 0 Å². The van der Waals surface area contributed by atoms with Crippen molar-refractivity contribution < 1.29 is 4.79 Å². The van der Waals surface area contributed by atoms with Crippen LogP contribution in [0.5, 0.6) is 0 Å². The van der Waals surface area contributed by atoms with Gasteiger partial charge in [-0.15, -0.1) is 0 Å². The Morgan fingerprint density at radius 1 is 1.11 bits per heavy atom. The van der Waals surface area contributed by atoms with E-state index in [0.717, 1.165) is 24.9 Å². The molecule has 0 bridgehead atoms. The lowest BCUT2D eigenvalue weighted by Gasteiger charge is -2.29. The van der Waals surface area contributed by atoms with Crippen LogP contribution < -0.4 is 5.32 Å². The van der Waals surface area contributed by atoms with Crippen LogP contribution in [0.15, 0.2) is 0 Å². The number of nitrogens with one attached hydrogen (secondary N) is 1. The monoisotopic (exact) mass is 248 g/mol. The zero-order valence-electron chi connectivity index (χ0n) is 11.1. The summed E-state index contributed by atoms with van der Waals surface area (Å²) in [5.74, 6) is 2.73. The minimum atomic E-state index is 0.385. The highest BCUT2D eigenvalue weighted by atomic mass is 16.2. The van der Waals surface area contributed by atoms with E-state index in [1.807, 2.05) is 0 Å². The van der Waals surface area contributed by atoms with Crippen molar-refractivity contribution in [1.82, 2.24) is 10.2 Å². The maximum Gasteiger partial charge on any atom is 0.226 e. The molecule has 1 amide bonds. The highest BCUT2D eigenvalue weighted by Crippen LogP contribution is 2.55. The summed E-state index contributed by atoms with van der Waals surface area (Å²) in [7, 11) is 0. The minimum Gasteiger partial charge on any atom is -0.338 e. The first-order chi connectivity index (χ1) is 8.81. The Morgan fingerprint density at radius 2 is 1.89 bits per heavy atom. The smallest absolute Gasteiger partial charge is 0.226 e. The molecule has 1 heterocycles. The van der Waals surface area contributed by atoms with E-state index in [9.17, 15) is 4.79 Å². The molecule has 4 fully saturated rings. The normalized spacial score (nSPS) is 41.8. The maximum atomic E-state index is 12.7. The van der Waals surface area contributed by atoms with Crippen LogP contribution in [0, 0.1) is 17.8 Å². The van der Waals surface area contributed by atoms with Crippen molar-refractivity contribution >= 4 is 5.91 Å². The van der Waals surface area contributed by atoms with E-state index in [1.54, 1.807) is 0 Å². The molecule has 3 atom stereocenters. The number of hydrogen-bond donors (Lipinski definition) is 1. The van der Waals surface area contributed by atoms with Crippen molar-refractivity contribution in [3.05, 3.63) is 0 Å². The quantitative estimate of drug-likeness (QED) is 0.822. The number of amides is 1. The van der Waals surface area contributed by atoms with Crippen LogP contribution in [-0.4, -0.2) is 36.0 Å². The van der Waals surface area contributed by atoms with Crippen molar-refractivity contribution in [2.45, 2.75) is 57.0 Å². The molecule has 0 radical (unpaired) electrons. The summed E-state index contributed by atoms with van der Waals surface area (Å²) in [6, 6.07) is 1.17. The molecule has 3 unspecified atom stereocenters. The number of nitrogens with zero attached hydrogens (tertiary/aromatic N) is 1. The SMILES string of the molecule is O=C(C1CC2CC2C1)N(CC1CCCN1)C1CC1. The largest absolute Gasteiger partial charge is 0.338 e. The average molecular weight is 248 g/mol. The summed E-state index contributed by atoms with van der Waals surface area (Å²) in [6.45, 7) is 2.13. The minimum absolute atomic E-state index is 0.385. The predicted molar refractivity (Wildman–Crippen MR) is 70.1 cm³/mol. The van der Waals surface area contributed by atoms with E-state index < -0.39 is 0 Å². The number of rotatable bonds is 4. The van der Waals surface area contributed by atoms with Crippen molar-refractivity contribution in [1.29, 1.82) is 0 Å². The Balaban J connectivity index is 1.39. The lowest BCUT2D eigenvalue weighted by molar-refractivity contribution is -0.136. The zero-order chi connectivity index (χ0) is 12.1. The predicted octanol–water partition coefficient (Wildman–Crippen LogP) is 1.78. The lowest BCUT2D eigenvalue weighted by atomic mass is 10.0. The van der Waals surface area contributed by atoms with Gasteiger partial charge in [0.1, 0.15) is 0 Å². The van der Waals surface area contributed by atoms with Crippen LogP contribution in [0.25, 0.3) is 0 Å². The average Bonchev–Trinajstić information content (AvgIpc) is 3.27. The van der Waals surface area contributed by atoms with Gasteiger partial charge in [-0.3, -0.25) is 4.79 Å². The van der Waals surface area contributed by atoms with Crippen molar-refractivity contribution in [3.8, 4) is 0 Å². The van der Waals surface area contributed by atoms with Crippen molar-refractivity contribution in [3.63, 3.8) is 0 Å². The molecule has 0 aromatic rings. The number of hydrogen-bond acceptors (Lipinski definition) is 2. The molecule has 3 nitrogen and oxygen atoms in total. The molecule has 100 valence electrons. The molecule has 1 N–H and O–H groups in total. The Morgan fingerprint density at radius 3 is 2.50 bits per heavy atom. The van der Waals surface area contributed by atoms with Gasteiger partial charge in [0, 0.05) is 24.5 Å². The first-order valence-electron chi connectivity index (χ1n) is 7.85. The fourth-order valence-electron chi connectivity index (χ4n) is 4.11. The fourth-order valence-corrected chi connectivity index (χ4v) is 4.11. The van der Waals surface area contributed by atoms with Gasteiger partial charge >= 0.3 is 0 Å². The summed E-state index contributed by atoms with van der Waals surface area (Å²) in [6.07, 6.45) is 8.85. The van der Waals surface area contributed by atoms with Gasteiger partial charge in [-0.05, 0) is 63.3 Å². The van der Waals surface area contributed by atoms with Gasteiger partial charge in [0.15, 0.2) is 0 Å². The molecule has 0 aromatic heterocycles. The van der Waals surface area contributed by atoms with Gasteiger partial charge < -0.3 is 10.2 Å². The van der Waals surface area contributed by atoms with E-state index in [4.69, 9.17) is 0 Å². The third kappa shape index (κ3) is 2.07. The van der Waals surface area contributed by atoms with E-state index in [1.165, 1.54) is 44.9 Å². The highest BCUT2D eigenvalue weighted by molar-refractivity contribution is 5.80. The van der Waals surface area contributed by atoms with Gasteiger partial charge in [-0.1, -0.05) is 0 Å².